The number of aryl methyl sites for hydroxylation is 1. The van der Waals surface area contributed by atoms with Gasteiger partial charge < -0.3 is 4.90 Å². The molecule has 2 aromatic heterocycles. The maximum absolute atomic E-state index is 13.3. The zero-order valence-corrected chi connectivity index (χ0v) is 15.9. The Bertz CT molecular complexity index is 967. The molecule has 144 valence electrons. The van der Waals surface area contributed by atoms with E-state index >= 15 is 0 Å². The van der Waals surface area contributed by atoms with Crippen LogP contribution in [0.1, 0.15) is 47.4 Å². The Kier molecular flexibility index (Phi) is 5.19. The number of H-pyrrole nitrogens is 1. The van der Waals surface area contributed by atoms with Gasteiger partial charge in [0.15, 0.2) is 0 Å². The Balaban J connectivity index is 1.55. The molecule has 1 saturated heterocycles. The van der Waals surface area contributed by atoms with Gasteiger partial charge >= 0.3 is 0 Å². The lowest BCUT2D eigenvalue weighted by Crippen LogP contribution is -2.39. The molecule has 1 aliphatic rings. The minimum Gasteiger partial charge on any atom is -0.338 e. The molecule has 1 fully saturated rings. The fourth-order valence-corrected chi connectivity index (χ4v) is 3.85. The highest BCUT2D eigenvalue weighted by Gasteiger charge is 2.28. The van der Waals surface area contributed by atoms with Crippen LogP contribution >= 0.6 is 0 Å². The molecule has 1 N–H and O–H groups in total. The smallest absolute Gasteiger partial charge is 0.253 e. The number of aromatic nitrogens is 3. The Morgan fingerprint density at radius 3 is 2.89 bits per heavy atom. The molecule has 4 rings (SSSR count). The monoisotopic (exact) mass is 378 g/mol. The van der Waals surface area contributed by atoms with E-state index in [2.05, 4.69) is 15.2 Å². The van der Waals surface area contributed by atoms with Gasteiger partial charge in [-0.05, 0) is 49.1 Å². The minimum atomic E-state index is -0.257. The zero-order valence-electron chi connectivity index (χ0n) is 15.9. The zero-order chi connectivity index (χ0) is 19.5. The molecule has 3 aromatic rings. The van der Waals surface area contributed by atoms with Crippen LogP contribution in [0.3, 0.4) is 0 Å². The molecule has 0 aliphatic carbocycles. The first-order valence-electron chi connectivity index (χ1n) is 9.69. The molecule has 0 bridgehead atoms. The molecule has 0 unspecified atom stereocenters. The number of benzene rings is 1. The van der Waals surface area contributed by atoms with Crippen molar-refractivity contribution >= 4 is 5.91 Å². The van der Waals surface area contributed by atoms with Crippen LogP contribution in [0, 0.1) is 5.82 Å². The van der Waals surface area contributed by atoms with E-state index in [1.54, 1.807) is 30.6 Å². The van der Waals surface area contributed by atoms with Crippen molar-refractivity contribution in [3.05, 3.63) is 71.6 Å². The summed E-state index contributed by atoms with van der Waals surface area (Å²) in [5.74, 6) is -0.0376. The van der Waals surface area contributed by atoms with Crippen molar-refractivity contribution in [2.24, 2.45) is 0 Å². The highest BCUT2D eigenvalue weighted by Crippen LogP contribution is 2.33. The molecule has 1 aliphatic heterocycles. The number of halogens is 1. The summed E-state index contributed by atoms with van der Waals surface area (Å²) in [5.41, 5.74) is 4.52. The Labute approximate surface area is 163 Å². The van der Waals surface area contributed by atoms with Crippen LogP contribution in [0.2, 0.25) is 0 Å². The molecule has 1 amide bonds. The van der Waals surface area contributed by atoms with E-state index in [4.69, 9.17) is 0 Å². The van der Waals surface area contributed by atoms with Crippen molar-refractivity contribution in [3.8, 4) is 11.1 Å². The summed E-state index contributed by atoms with van der Waals surface area (Å²) in [6.07, 6.45) is 6.20. The largest absolute Gasteiger partial charge is 0.338 e. The second-order valence-electron chi connectivity index (χ2n) is 7.18. The van der Waals surface area contributed by atoms with Crippen molar-refractivity contribution in [2.45, 2.75) is 32.1 Å². The summed E-state index contributed by atoms with van der Waals surface area (Å²) < 4.78 is 13.3. The Morgan fingerprint density at radius 2 is 2.11 bits per heavy atom. The third-order valence-electron chi connectivity index (χ3n) is 5.37. The van der Waals surface area contributed by atoms with Crippen molar-refractivity contribution in [2.75, 3.05) is 13.1 Å². The van der Waals surface area contributed by atoms with E-state index in [0.29, 0.717) is 12.1 Å². The lowest BCUT2D eigenvalue weighted by atomic mass is 9.90. The predicted molar refractivity (Wildman–Crippen MR) is 105 cm³/mol. The first-order valence-corrected chi connectivity index (χ1v) is 9.69. The Morgan fingerprint density at radius 1 is 1.29 bits per heavy atom. The average molecular weight is 378 g/mol. The standard InChI is InChI=1S/C22H23FN4O/c1-2-19-12-16(9-10-24-19)22(28)27-11-3-4-17(14-27)21-20(13-25-26-21)15-5-7-18(23)8-6-15/h5-10,12-13,17H,2-4,11,14H2,1H3,(H,25,26)/t17-/m1/s1. The molecule has 0 spiro atoms. The van der Waals surface area contributed by atoms with Crippen molar-refractivity contribution in [1.82, 2.24) is 20.1 Å². The number of nitrogens with one attached hydrogen (secondary N) is 1. The molecule has 5 nitrogen and oxygen atoms in total. The topological polar surface area (TPSA) is 61.9 Å². The fraction of sp³-hybridized carbons (Fsp3) is 0.318. The van der Waals surface area contributed by atoms with Gasteiger partial charge in [0.25, 0.3) is 5.91 Å². The molecule has 1 aromatic carbocycles. The van der Waals surface area contributed by atoms with Gasteiger partial charge in [-0.2, -0.15) is 5.10 Å². The number of likely N-dealkylation sites (tertiary alicyclic amines) is 1. The van der Waals surface area contributed by atoms with E-state index < -0.39 is 0 Å². The maximum Gasteiger partial charge on any atom is 0.253 e. The Hall–Kier alpha value is -3.02. The molecule has 6 heteroatoms. The fourth-order valence-electron chi connectivity index (χ4n) is 3.85. The lowest BCUT2D eigenvalue weighted by molar-refractivity contribution is 0.0705. The molecular weight excluding hydrogens is 355 g/mol. The summed E-state index contributed by atoms with van der Waals surface area (Å²) in [7, 11) is 0. The number of pyridine rings is 1. The van der Waals surface area contributed by atoms with Gasteiger partial charge in [-0.15, -0.1) is 0 Å². The van der Waals surface area contributed by atoms with E-state index in [1.807, 2.05) is 17.9 Å². The SMILES string of the molecule is CCc1cc(C(=O)N2CCC[C@@H](c3[nH]ncc3-c3ccc(F)cc3)C2)ccn1. The van der Waals surface area contributed by atoms with Gasteiger partial charge in [0.2, 0.25) is 0 Å². The molecule has 1 atom stereocenters. The number of piperidine rings is 1. The molecule has 0 radical (unpaired) electrons. The third-order valence-corrected chi connectivity index (χ3v) is 5.37. The number of rotatable bonds is 4. The molecular formula is C22H23FN4O. The van der Waals surface area contributed by atoms with Gasteiger partial charge in [-0.25, -0.2) is 4.39 Å². The van der Waals surface area contributed by atoms with Crippen molar-refractivity contribution in [3.63, 3.8) is 0 Å². The van der Waals surface area contributed by atoms with E-state index in [0.717, 1.165) is 48.3 Å². The van der Waals surface area contributed by atoms with Crippen LogP contribution in [0.15, 0.2) is 48.8 Å². The second-order valence-corrected chi connectivity index (χ2v) is 7.18. The van der Waals surface area contributed by atoms with E-state index in [-0.39, 0.29) is 17.6 Å². The number of hydrogen-bond acceptors (Lipinski definition) is 3. The molecule has 3 heterocycles. The number of hydrogen-bond donors (Lipinski definition) is 1. The normalized spacial score (nSPS) is 16.9. The molecule has 0 saturated carbocycles. The van der Waals surface area contributed by atoms with Crippen LogP contribution in [0.5, 0.6) is 0 Å². The quantitative estimate of drug-likeness (QED) is 0.740. The summed E-state index contributed by atoms with van der Waals surface area (Å²) in [6.45, 7) is 3.42. The highest BCUT2D eigenvalue weighted by molar-refractivity contribution is 5.94. The first kappa shape index (κ1) is 18.3. The number of aromatic amines is 1. The van der Waals surface area contributed by atoms with E-state index in [1.165, 1.54) is 12.1 Å². The highest BCUT2D eigenvalue weighted by atomic mass is 19.1. The summed E-state index contributed by atoms with van der Waals surface area (Å²) in [4.78, 5) is 19.2. The van der Waals surface area contributed by atoms with Crippen molar-refractivity contribution < 1.29 is 9.18 Å². The van der Waals surface area contributed by atoms with Gasteiger partial charge in [-0.1, -0.05) is 19.1 Å². The number of carbonyl (C=O) groups is 1. The second kappa shape index (κ2) is 7.92. The van der Waals surface area contributed by atoms with Gasteiger partial charge in [0.05, 0.1) is 6.20 Å². The number of nitrogens with zero attached hydrogens (tertiary/aromatic N) is 3. The van der Waals surface area contributed by atoms with Crippen LogP contribution in [-0.2, 0) is 6.42 Å². The summed E-state index contributed by atoms with van der Waals surface area (Å²) in [6, 6.07) is 10.1. The van der Waals surface area contributed by atoms with Gasteiger partial charge in [0, 0.05) is 47.7 Å². The summed E-state index contributed by atoms with van der Waals surface area (Å²) in [5, 5.41) is 7.33. The number of amides is 1. The van der Waals surface area contributed by atoms with Crippen LogP contribution < -0.4 is 0 Å². The minimum absolute atomic E-state index is 0.0460. The van der Waals surface area contributed by atoms with Crippen LogP contribution in [-0.4, -0.2) is 39.1 Å². The third kappa shape index (κ3) is 3.67. The van der Waals surface area contributed by atoms with E-state index in [9.17, 15) is 9.18 Å². The maximum atomic E-state index is 13.3. The van der Waals surface area contributed by atoms with Crippen molar-refractivity contribution in [1.29, 1.82) is 0 Å². The average Bonchev–Trinajstić information content (AvgIpc) is 3.24. The van der Waals surface area contributed by atoms with Crippen LogP contribution in [0.4, 0.5) is 4.39 Å². The lowest BCUT2D eigenvalue weighted by Gasteiger charge is -2.33. The first-order chi connectivity index (χ1) is 13.7. The summed E-state index contributed by atoms with van der Waals surface area (Å²) >= 11 is 0. The molecule has 28 heavy (non-hydrogen) atoms. The number of carbonyl (C=O) groups excluding carboxylic acids is 1. The predicted octanol–water partition coefficient (Wildman–Crippen LogP) is 4.19. The van der Waals surface area contributed by atoms with Gasteiger partial charge in [0.1, 0.15) is 5.82 Å². The van der Waals surface area contributed by atoms with Gasteiger partial charge in [-0.3, -0.25) is 14.9 Å². The van der Waals surface area contributed by atoms with Crippen LogP contribution in [0.25, 0.3) is 11.1 Å².